The number of carbonyl (C=O) groups excluding carboxylic acids is 1. The van der Waals surface area contributed by atoms with Crippen LogP contribution in [-0.2, 0) is 10.3 Å². The van der Waals surface area contributed by atoms with E-state index in [1.54, 1.807) is 7.11 Å². The summed E-state index contributed by atoms with van der Waals surface area (Å²) in [6.07, 6.45) is 15.9. The molecular formula is C29H48N2O3. The van der Waals surface area contributed by atoms with Crippen LogP contribution in [0.25, 0.3) is 0 Å². The van der Waals surface area contributed by atoms with Gasteiger partial charge in [-0.25, -0.2) is 0 Å². The number of ether oxygens (including phenoxy) is 1. The lowest BCUT2D eigenvalue weighted by Crippen LogP contribution is -2.43. The van der Waals surface area contributed by atoms with Gasteiger partial charge in [0.2, 0.25) is 0 Å². The second kappa shape index (κ2) is 14.2. The number of benzene rings is 1. The monoisotopic (exact) mass is 472 g/mol. The van der Waals surface area contributed by atoms with Crippen molar-refractivity contribution in [1.82, 2.24) is 10.6 Å². The summed E-state index contributed by atoms with van der Waals surface area (Å²) in [4.78, 5) is 13.3. The maximum Gasteiger partial charge on any atom is 0.251 e. The van der Waals surface area contributed by atoms with Crippen LogP contribution in [0.2, 0.25) is 0 Å². The molecule has 3 N–H and O–H groups in total. The van der Waals surface area contributed by atoms with Crippen LogP contribution < -0.4 is 10.6 Å². The van der Waals surface area contributed by atoms with Gasteiger partial charge < -0.3 is 20.5 Å². The Bertz CT molecular complexity index is 728. The molecule has 192 valence electrons. The van der Waals surface area contributed by atoms with Gasteiger partial charge in [-0.15, -0.1) is 0 Å². The van der Waals surface area contributed by atoms with Crippen molar-refractivity contribution in [1.29, 1.82) is 0 Å². The van der Waals surface area contributed by atoms with E-state index in [4.69, 9.17) is 4.74 Å². The van der Waals surface area contributed by atoms with Crippen LogP contribution in [-0.4, -0.2) is 44.4 Å². The standard InChI is InChI=1S/C29H48N2O3/c1-30-22-27(20-23-12-5-3-6-13-23)31-28(32)24-14-11-17-26(21-24)29(33,18-9-10-19-34-2)25-15-7-4-8-16-25/h11,14,17,21,23,25,27,30,33H,3-10,12-13,15-16,18-20,22H2,1-2H3,(H,31,32)/t27-,29-/m0/s1. The molecule has 0 radical (unpaired) electrons. The number of amides is 1. The number of unbranched alkanes of at least 4 members (excludes halogenated alkanes) is 1. The third-order valence-electron chi connectivity index (χ3n) is 8.19. The Labute approximate surface area is 207 Å². The van der Waals surface area contributed by atoms with Crippen molar-refractivity contribution >= 4 is 5.91 Å². The molecule has 2 atom stereocenters. The molecular weight excluding hydrogens is 424 g/mol. The van der Waals surface area contributed by atoms with Crippen molar-refractivity contribution in [3.63, 3.8) is 0 Å². The second-order valence-corrected chi connectivity index (χ2v) is 10.8. The molecule has 0 unspecified atom stereocenters. The first-order chi connectivity index (χ1) is 16.6. The Morgan fingerprint density at radius 1 is 1.09 bits per heavy atom. The number of hydrogen-bond donors (Lipinski definition) is 3. The Hall–Kier alpha value is -1.43. The van der Waals surface area contributed by atoms with Crippen LogP contribution in [0.3, 0.4) is 0 Å². The van der Waals surface area contributed by atoms with Crippen LogP contribution >= 0.6 is 0 Å². The molecule has 0 bridgehead atoms. The van der Waals surface area contributed by atoms with Crippen LogP contribution in [0, 0.1) is 11.8 Å². The Kier molecular flexibility index (Phi) is 11.4. The molecule has 0 aromatic heterocycles. The molecule has 5 heteroatoms. The quantitative estimate of drug-likeness (QED) is 0.329. The molecule has 34 heavy (non-hydrogen) atoms. The lowest BCUT2D eigenvalue weighted by Gasteiger charge is -2.39. The molecule has 5 nitrogen and oxygen atoms in total. The molecule has 1 aromatic rings. The zero-order valence-electron chi connectivity index (χ0n) is 21.6. The summed E-state index contributed by atoms with van der Waals surface area (Å²) in [5, 5.41) is 18.6. The van der Waals surface area contributed by atoms with Crippen LogP contribution in [0.15, 0.2) is 24.3 Å². The van der Waals surface area contributed by atoms with E-state index in [-0.39, 0.29) is 17.9 Å². The van der Waals surface area contributed by atoms with Crippen molar-refractivity contribution in [2.75, 3.05) is 27.3 Å². The summed E-state index contributed by atoms with van der Waals surface area (Å²) in [5.41, 5.74) is 0.687. The number of methoxy groups -OCH3 is 1. The normalized spacial score (nSPS) is 20.6. The van der Waals surface area contributed by atoms with E-state index in [1.807, 2.05) is 31.3 Å². The number of rotatable bonds is 13. The molecule has 0 aliphatic heterocycles. The molecule has 0 spiro atoms. The number of likely N-dealkylation sites (N-methyl/N-ethyl adjacent to an activating group) is 1. The van der Waals surface area contributed by atoms with Gasteiger partial charge in [0.15, 0.2) is 0 Å². The average molecular weight is 473 g/mol. The molecule has 3 rings (SSSR count). The fourth-order valence-electron chi connectivity index (χ4n) is 6.27. The van der Waals surface area contributed by atoms with Gasteiger partial charge in [0, 0.05) is 31.9 Å². The first kappa shape index (κ1) is 27.2. The third-order valence-corrected chi connectivity index (χ3v) is 8.19. The molecule has 1 aromatic carbocycles. The predicted octanol–water partition coefficient (Wildman–Crippen LogP) is 5.56. The molecule has 0 heterocycles. The summed E-state index contributed by atoms with van der Waals surface area (Å²) >= 11 is 0. The van der Waals surface area contributed by atoms with Gasteiger partial charge in [-0.1, -0.05) is 63.5 Å². The van der Waals surface area contributed by atoms with Gasteiger partial charge in [-0.05, 0) is 75.1 Å². The summed E-state index contributed by atoms with van der Waals surface area (Å²) in [7, 11) is 3.68. The van der Waals surface area contributed by atoms with E-state index in [0.717, 1.165) is 57.2 Å². The van der Waals surface area contributed by atoms with Crippen LogP contribution in [0.1, 0.15) is 106 Å². The fourth-order valence-corrected chi connectivity index (χ4v) is 6.27. The predicted molar refractivity (Wildman–Crippen MR) is 139 cm³/mol. The summed E-state index contributed by atoms with van der Waals surface area (Å²) < 4.78 is 5.23. The highest BCUT2D eigenvalue weighted by molar-refractivity contribution is 5.94. The second-order valence-electron chi connectivity index (χ2n) is 10.8. The van der Waals surface area contributed by atoms with Gasteiger partial charge in [-0.3, -0.25) is 4.79 Å². The molecule has 1 amide bonds. The smallest absolute Gasteiger partial charge is 0.251 e. The first-order valence-electron chi connectivity index (χ1n) is 13.8. The van der Waals surface area contributed by atoms with Crippen LogP contribution in [0.5, 0.6) is 0 Å². The highest BCUT2D eigenvalue weighted by atomic mass is 16.5. The molecule has 2 fully saturated rings. The Morgan fingerprint density at radius 2 is 1.79 bits per heavy atom. The number of nitrogens with one attached hydrogen (secondary N) is 2. The van der Waals surface area contributed by atoms with E-state index in [1.165, 1.54) is 51.4 Å². The Morgan fingerprint density at radius 3 is 2.47 bits per heavy atom. The summed E-state index contributed by atoms with van der Waals surface area (Å²) in [6.45, 7) is 1.50. The van der Waals surface area contributed by atoms with Gasteiger partial charge in [0.05, 0.1) is 5.60 Å². The van der Waals surface area contributed by atoms with Gasteiger partial charge in [0.25, 0.3) is 5.91 Å². The largest absolute Gasteiger partial charge is 0.385 e. The SMILES string of the molecule is CNC[C@H](CC1CCCCC1)NC(=O)c1cccc([C@](O)(CCCCOC)C2CCCCC2)c1. The number of carbonyl (C=O) groups is 1. The minimum absolute atomic E-state index is 0.0247. The zero-order chi connectivity index (χ0) is 24.2. The van der Waals surface area contributed by atoms with E-state index in [9.17, 15) is 9.90 Å². The number of hydrogen-bond acceptors (Lipinski definition) is 4. The van der Waals surface area contributed by atoms with E-state index >= 15 is 0 Å². The maximum atomic E-state index is 13.3. The molecule has 2 saturated carbocycles. The third kappa shape index (κ3) is 7.79. The van der Waals surface area contributed by atoms with Crippen molar-refractivity contribution in [3.8, 4) is 0 Å². The fraction of sp³-hybridized carbons (Fsp3) is 0.759. The minimum atomic E-state index is -0.878. The van der Waals surface area contributed by atoms with Gasteiger partial charge in [0.1, 0.15) is 0 Å². The first-order valence-corrected chi connectivity index (χ1v) is 13.8. The highest BCUT2D eigenvalue weighted by Crippen LogP contribution is 2.43. The highest BCUT2D eigenvalue weighted by Gasteiger charge is 2.38. The van der Waals surface area contributed by atoms with E-state index in [0.29, 0.717) is 11.5 Å². The molecule has 2 aliphatic carbocycles. The van der Waals surface area contributed by atoms with Crippen molar-refractivity contribution in [3.05, 3.63) is 35.4 Å². The van der Waals surface area contributed by atoms with E-state index < -0.39 is 5.60 Å². The topological polar surface area (TPSA) is 70.6 Å². The summed E-state index contributed by atoms with van der Waals surface area (Å²) in [5.74, 6) is 0.941. The van der Waals surface area contributed by atoms with Crippen molar-refractivity contribution in [2.24, 2.45) is 11.8 Å². The lowest BCUT2D eigenvalue weighted by atomic mass is 9.71. The minimum Gasteiger partial charge on any atom is -0.385 e. The molecule has 0 saturated heterocycles. The van der Waals surface area contributed by atoms with Gasteiger partial charge >= 0.3 is 0 Å². The van der Waals surface area contributed by atoms with Crippen LogP contribution in [0.4, 0.5) is 0 Å². The zero-order valence-corrected chi connectivity index (χ0v) is 21.6. The summed E-state index contributed by atoms with van der Waals surface area (Å²) in [6, 6.07) is 7.95. The number of aliphatic hydroxyl groups is 1. The maximum absolute atomic E-state index is 13.3. The average Bonchev–Trinajstić information content (AvgIpc) is 2.88. The van der Waals surface area contributed by atoms with Crippen molar-refractivity contribution < 1.29 is 14.6 Å². The Balaban J connectivity index is 1.72. The van der Waals surface area contributed by atoms with Crippen molar-refractivity contribution in [2.45, 2.75) is 102 Å². The molecule has 2 aliphatic rings. The van der Waals surface area contributed by atoms with Gasteiger partial charge in [-0.2, -0.15) is 0 Å². The van der Waals surface area contributed by atoms with E-state index in [2.05, 4.69) is 10.6 Å². The lowest BCUT2D eigenvalue weighted by molar-refractivity contribution is -0.0487.